The van der Waals surface area contributed by atoms with Gasteiger partial charge in [-0.3, -0.25) is 4.79 Å². The monoisotopic (exact) mass is 253 g/mol. The Hall–Kier alpha value is -2.09. The third kappa shape index (κ3) is 3.44. The van der Waals surface area contributed by atoms with Crippen LogP contribution in [0.1, 0.15) is 24.9 Å². The quantitative estimate of drug-likeness (QED) is 0.806. The van der Waals surface area contributed by atoms with E-state index in [0.29, 0.717) is 6.42 Å². The second kappa shape index (κ2) is 6.19. The van der Waals surface area contributed by atoms with E-state index in [1.54, 1.807) is 6.92 Å². The molecule has 2 rings (SSSR count). The molecule has 0 spiro atoms. The van der Waals surface area contributed by atoms with Crippen LogP contribution in [0.5, 0.6) is 0 Å². The predicted molar refractivity (Wildman–Crippen MR) is 79.3 cm³/mol. The minimum atomic E-state index is 0.0844. The van der Waals surface area contributed by atoms with Crippen molar-refractivity contribution in [3.8, 4) is 0 Å². The number of Topliss-reactive ketones (excluding diaryl/α,β-unsaturated/α-hetero) is 1. The Morgan fingerprint density at radius 1 is 1.00 bits per heavy atom. The summed E-state index contributed by atoms with van der Waals surface area (Å²) in [5.74, 6) is 0.205. The van der Waals surface area contributed by atoms with Crippen LogP contribution in [0.2, 0.25) is 0 Å². The molecule has 2 heteroatoms. The second-order valence-electron chi connectivity index (χ2n) is 4.78. The number of rotatable bonds is 5. The minimum absolute atomic E-state index is 0.0844. The van der Waals surface area contributed by atoms with Crippen molar-refractivity contribution in [3.05, 3.63) is 66.2 Å². The summed E-state index contributed by atoms with van der Waals surface area (Å²) in [6, 6.07) is 20.4. The van der Waals surface area contributed by atoms with Gasteiger partial charge in [-0.15, -0.1) is 0 Å². The summed E-state index contributed by atoms with van der Waals surface area (Å²) in [4.78, 5) is 13.7. The molecule has 0 saturated heterocycles. The molecule has 1 atom stereocenters. The van der Waals surface area contributed by atoms with E-state index in [1.807, 2.05) is 43.4 Å². The van der Waals surface area contributed by atoms with Gasteiger partial charge in [0.15, 0.2) is 0 Å². The van der Waals surface area contributed by atoms with Crippen LogP contribution in [0.15, 0.2) is 60.7 Å². The van der Waals surface area contributed by atoms with Crippen LogP contribution in [0, 0.1) is 0 Å². The fourth-order valence-electron chi connectivity index (χ4n) is 2.27. The van der Waals surface area contributed by atoms with E-state index in [1.165, 1.54) is 5.56 Å². The van der Waals surface area contributed by atoms with Crippen molar-refractivity contribution < 1.29 is 4.79 Å². The average molecular weight is 253 g/mol. The van der Waals surface area contributed by atoms with Gasteiger partial charge >= 0.3 is 0 Å². The fraction of sp³-hybridized carbons (Fsp3) is 0.235. The molecule has 0 aromatic heterocycles. The highest BCUT2D eigenvalue weighted by Crippen LogP contribution is 2.28. The topological polar surface area (TPSA) is 20.3 Å². The Labute approximate surface area is 114 Å². The van der Waals surface area contributed by atoms with Crippen molar-refractivity contribution in [2.75, 3.05) is 11.9 Å². The van der Waals surface area contributed by atoms with Crippen LogP contribution >= 0.6 is 0 Å². The molecule has 0 saturated carbocycles. The maximum atomic E-state index is 11.5. The smallest absolute Gasteiger partial charge is 0.132 e. The highest BCUT2D eigenvalue weighted by atomic mass is 16.1. The van der Waals surface area contributed by atoms with Crippen LogP contribution in [0.4, 0.5) is 5.69 Å². The van der Waals surface area contributed by atoms with E-state index in [0.717, 1.165) is 5.69 Å². The fourth-order valence-corrected chi connectivity index (χ4v) is 2.27. The molecule has 0 amide bonds. The summed E-state index contributed by atoms with van der Waals surface area (Å²) in [5, 5.41) is 0. The maximum Gasteiger partial charge on any atom is 0.132 e. The Morgan fingerprint density at radius 3 is 2.05 bits per heavy atom. The standard InChI is InChI=1S/C17H19NO/c1-14(19)13-17(15-9-5-3-6-10-15)18(2)16-11-7-4-8-12-16/h3-12,17H,13H2,1-2H3. The highest BCUT2D eigenvalue weighted by molar-refractivity contribution is 5.77. The van der Waals surface area contributed by atoms with Crippen LogP contribution in [-0.2, 0) is 4.79 Å². The summed E-state index contributed by atoms with van der Waals surface area (Å²) in [6.45, 7) is 1.65. The van der Waals surface area contributed by atoms with Crippen LogP contribution < -0.4 is 4.90 Å². The van der Waals surface area contributed by atoms with Crippen LogP contribution in [0.3, 0.4) is 0 Å². The van der Waals surface area contributed by atoms with Crippen molar-refractivity contribution >= 4 is 11.5 Å². The Balaban J connectivity index is 2.30. The number of anilines is 1. The van der Waals surface area contributed by atoms with E-state index < -0.39 is 0 Å². The number of carbonyl (C=O) groups is 1. The van der Waals surface area contributed by atoms with E-state index >= 15 is 0 Å². The third-order valence-corrected chi connectivity index (χ3v) is 3.30. The number of carbonyl (C=O) groups excluding carboxylic acids is 1. The minimum Gasteiger partial charge on any atom is -0.367 e. The molecule has 0 aliphatic heterocycles. The molecule has 1 unspecified atom stereocenters. The van der Waals surface area contributed by atoms with E-state index in [2.05, 4.69) is 29.2 Å². The molecule has 2 aromatic rings. The van der Waals surface area contributed by atoms with Crippen molar-refractivity contribution in [1.82, 2.24) is 0 Å². The first-order chi connectivity index (χ1) is 9.18. The van der Waals surface area contributed by atoms with Crippen molar-refractivity contribution in [2.24, 2.45) is 0 Å². The zero-order chi connectivity index (χ0) is 13.7. The summed E-state index contributed by atoms with van der Waals surface area (Å²) >= 11 is 0. The predicted octanol–water partition coefficient (Wildman–Crippen LogP) is 3.84. The first-order valence-corrected chi connectivity index (χ1v) is 6.50. The molecule has 0 bridgehead atoms. The average Bonchev–Trinajstić information content (AvgIpc) is 2.46. The third-order valence-electron chi connectivity index (χ3n) is 3.30. The maximum absolute atomic E-state index is 11.5. The molecule has 0 fully saturated rings. The van der Waals surface area contributed by atoms with Gasteiger partial charge in [0.05, 0.1) is 6.04 Å². The first kappa shape index (κ1) is 13.3. The van der Waals surface area contributed by atoms with Gasteiger partial charge in [0, 0.05) is 19.2 Å². The number of hydrogen-bond donors (Lipinski definition) is 0. The van der Waals surface area contributed by atoms with Crippen molar-refractivity contribution in [1.29, 1.82) is 0 Å². The van der Waals surface area contributed by atoms with Gasteiger partial charge in [0.25, 0.3) is 0 Å². The van der Waals surface area contributed by atoms with E-state index in [4.69, 9.17) is 0 Å². The van der Waals surface area contributed by atoms with Crippen molar-refractivity contribution in [3.63, 3.8) is 0 Å². The zero-order valence-corrected chi connectivity index (χ0v) is 11.4. The summed E-state index contributed by atoms with van der Waals surface area (Å²) in [7, 11) is 2.04. The Kier molecular flexibility index (Phi) is 4.35. The van der Waals surface area contributed by atoms with Gasteiger partial charge in [-0.1, -0.05) is 48.5 Å². The normalized spacial score (nSPS) is 11.9. The Bertz CT molecular complexity index is 521. The molecule has 0 heterocycles. The molecule has 0 N–H and O–H groups in total. The van der Waals surface area contributed by atoms with Gasteiger partial charge in [0.1, 0.15) is 5.78 Å². The number of benzene rings is 2. The Morgan fingerprint density at radius 2 is 1.53 bits per heavy atom. The summed E-state index contributed by atoms with van der Waals surface area (Å²) < 4.78 is 0. The van der Waals surface area contributed by atoms with Gasteiger partial charge in [0.2, 0.25) is 0 Å². The first-order valence-electron chi connectivity index (χ1n) is 6.50. The number of para-hydroxylation sites is 1. The number of ketones is 1. The molecule has 0 radical (unpaired) electrons. The number of nitrogens with zero attached hydrogens (tertiary/aromatic N) is 1. The SMILES string of the molecule is CC(=O)CC(c1ccccc1)N(C)c1ccccc1. The largest absolute Gasteiger partial charge is 0.367 e. The van der Waals surface area contributed by atoms with Gasteiger partial charge in [-0.25, -0.2) is 0 Å². The molecular weight excluding hydrogens is 234 g/mol. The highest BCUT2D eigenvalue weighted by Gasteiger charge is 2.18. The summed E-state index contributed by atoms with van der Waals surface area (Å²) in [5.41, 5.74) is 2.29. The van der Waals surface area contributed by atoms with Crippen LogP contribution in [0.25, 0.3) is 0 Å². The second-order valence-corrected chi connectivity index (χ2v) is 4.78. The van der Waals surface area contributed by atoms with Crippen LogP contribution in [-0.4, -0.2) is 12.8 Å². The van der Waals surface area contributed by atoms with E-state index in [9.17, 15) is 4.79 Å². The molecule has 0 aliphatic rings. The molecule has 0 aliphatic carbocycles. The van der Waals surface area contributed by atoms with Crippen molar-refractivity contribution in [2.45, 2.75) is 19.4 Å². The summed E-state index contributed by atoms with van der Waals surface area (Å²) in [6.07, 6.45) is 0.523. The molecule has 2 aromatic carbocycles. The van der Waals surface area contributed by atoms with E-state index in [-0.39, 0.29) is 11.8 Å². The van der Waals surface area contributed by atoms with Gasteiger partial charge < -0.3 is 4.90 Å². The molecule has 98 valence electrons. The lowest BCUT2D eigenvalue weighted by Crippen LogP contribution is -2.25. The van der Waals surface area contributed by atoms with Gasteiger partial charge in [-0.2, -0.15) is 0 Å². The molecule has 2 nitrogen and oxygen atoms in total. The molecule has 19 heavy (non-hydrogen) atoms. The van der Waals surface area contributed by atoms with Gasteiger partial charge in [-0.05, 0) is 24.6 Å². The lowest BCUT2D eigenvalue weighted by molar-refractivity contribution is -0.117. The number of hydrogen-bond acceptors (Lipinski definition) is 2. The lowest BCUT2D eigenvalue weighted by Gasteiger charge is -2.30. The zero-order valence-electron chi connectivity index (χ0n) is 11.4. The molecular formula is C17H19NO. The lowest BCUT2D eigenvalue weighted by atomic mass is 10.00.